The molecular weight excluding hydrogens is 589 g/mol. The molecule has 3 aromatic rings. The standard InChI is InChI=1S/C29H31F3N4O6S/c1-43(38,39)35-27(37)19-8-9-24(33-15-19)36-12-10-28(11-13-36)14-20(16-41-28)40-17-22-25(34-42-26(22)18-6-7-18)21-4-2-3-5-23(21)29(30,31)32/h2-5,8-9,15,18,20H,6-7,10-14,16-17H2,1H3,(H,35,37). The van der Waals surface area contributed by atoms with E-state index in [-0.39, 0.29) is 41.1 Å². The number of carbonyl (C=O) groups excluding carboxylic acids is 1. The van der Waals surface area contributed by atoms with Crippen LogP contribution in [0.3, 0.4) is 0 Å². The van der Waals surface area contributed by atoms with Gasteiger partial charge >= 0.3 is 6.18 Å². The number of nitrogens with zero attached hydrogens (tertiary/aromatic N) is 3. The number of amides is 1. The Bertz CT molecular complexity index is 1600. The van der Waals surface area contributed by atoms with Crippen molar-refractivity contribution in [3.63, 3.8) is 0 Å². The predicted molar refractivity (Wildman–Crippen MR) is 149 cm³/mol. The molecule has 1 aromatic carbocycles. The molecule has 2 saturated heterocycles. The number of rotatable bonds is 8. The molecule has 1 unspecified atom stereocenters. The van der Waals surface area contributed by atoms with Crippen LogP contribution in [0.25, 0.3) is 11.3 Å². The lowest BCUT2D eigenvalue weighted by molar-refractivity contribution is -0.137. The second-order valence-corrected chi connectivity index (χ2v) is 13.2. The van der Waals surface area contributed by atoms with Crippen LogP contribution in [0.2, 0.25) is 0 Å². The zero-order valence-electron chi connectivity index (χ0n) is 23.4. The van der Waals surface area contributed by atoms with E-state index in [9.17, 15) is 26.4 Å². The van der Waals surface area contributed by atoms with E-state index >= 15 is 0 Å². The number of halogens is 3. The van der Waals surface area contributed by atoms with Gasteiger partial charge in [-0.3, -0.25) is 4.79 Å². The van der Waals surface area contributed by atoms with E-state index < -0.39 is 27.7 Å². The molecule has 4 heterocycles. The summed E-state index contributed by atoms with van der Waals surface area (Å²) in [6.45, 7) is 1.77. The first-order valence-electron chi connectivity index (χ1n) is 14.0. The molecular formula is C29H31F3N4O6S. The molecule has 3 aliphatic rings. The van der Waals surface area contributed by atoms with Gasteiger partial charge in [-0.25, -0.2) is 18.1 Å². The number of piperidine rings is 1. The number of nitrogens with one attached hydrogen (secondary N) is 1. The Kier molecular flexibility index (Phi) is 7.71. The van der Waals surface area contributed by atoms with E-state index in [1.54, 1.807) is 12.1 Å². The van der Waals surface area contributed by atoms with Crippen LogP contribution >= 0.6 is 0 Å². The minimum atomic E-state index is -4.53. The van der Waals surface area contributed by atoms with Gasteiger partial charge in [-0.05, 0) is 43.9 Å². The van der Waals surface area contributed by atoms with Gasteiger partial charge in [0.1, 0.15) is 17.3 Å². The molecule has 43 heavy (non-hydrogen) atoms. The number of sulfonamides is 1. The third-order valence-corrected chi connectivity index (χ3v) is 8.74. The molecule has 0 radical (unpaired) electrons. The summed E-state index contributed by atoms with van der Waals surface area (Å²) in [5.41, 5.74) is -0.282. The molecule has 1 atom stereocenters. The topological polar surface area (TPSA) is 124 Å². The fourth-order valence-corrected chi connectivity index (χ4v) is 6.27. The molecule has 0 bridgehead atoms. The van der Waals surface area contributed by atoms with Crippen LogP contribution in [-0.2, 0) is 32.3 Å². The van der Waals surface area contributed by atoms with Crippen LogP contribution in [-0.4, -0.2) is 62.1 Å². The van der Waals surface area contributed by atoms with E-state index in [0.717, 1.165) is 38.0 Å². The van der Waals surface area contributed by atoms with Gasteiger partial charge in [0, 0.05) is 42.8 Å². The van der Waals surface area contributed by atoms with Gasteiger partial charge in [-0.1, -0.05) is 23.4 Å². The number of aromatic nitrogens is 2. The summed E-state index contributed by atoms with van der Waals surface area (Å²) >= 11 is 0. The van der Waals surface area contributed by atoms with Crippen LogP contribution in [0.1, 0.15) is 65.3 Å². The average molecular weight is 621 g/mol. The molecule has 3 fully saturated rings. The Balaban J connectivity index is 1.08. The summed E-state index contributed by atoms with van der Waals surface area (Å²) < 4.78 is 83.9. The molecule has 1 aliphatic carbocycles. The highest BCUT2D eigenvalue weighted by Gasteiger charge is 2.44. The van der Waals surface area contributed by atoms with Crippen molar-refractivity contribution in [3.8, 4) is 11.3 Å². The lowest BCUT2D eigenvalue weighted by atomic mass is 9.88. The molecule has 1 saturated carbocycles. The third-order valence-electron chi connectivity index (χ3n) is 8.18. The first-order chi connectivity index (χ1) is 20.4. The highest BCUT2D eigenvalue weighted by atomic mass is 32.2. The molecule has 1 spiro atoms. The zero-order chi connectivity index (χ0) is 30.4. The Labute approximate surface area is 246 Å². The second kappa shape index (κ2) is 11.2. The molecule has 1 amide bonds. The lowest BCUT2D eigenvalue weighted by Gasteiger charge is -2.39. The van der Waals surface area contributed by atoms with Crippen LogP contribution < -0.4 is 9.62 Å². The number of ether oxygens (including phenoxy) is 2. The van der Waals surface area contributed by atoms with E-state index in [1.165, 1.54) is 24.4 Å². The number of benzene rings is 1. The van der Waals surface area contributed by atoms with Crippen molar-refractivity contribution < 1.29 is 40.4 Å². The summed E-state index contributed by atoms with van der Waals surface area (Å²) in [5, 5.41) is 4.07. The molecule has 14 heteroatoms. The van der Waals surface area contributed by atoms with Gasteiger partial charge in [0.15, 0.2) is 0 Å². The highest BCUT2D eigenvalue weighted by molar-refractivity contribution is 7.89. The summed E-state index contributed by atoms with van der Waals surface area (Å²) in [7, 11) is -3.67. The van der Waals surface area contributed by atoms with Gasteiger partial charge in [-0.2, -0.15) is 13.2 Å². The second-order valence-electron chi connectivity index (χ2n) is 11.4. The normalized spacial score (nSPS) is 20.5. The lowest BCUT2D eigenvalue weighted by Crippen LogP contribution is -2.44. The molecule has 2 aliphatic heterocycles. The van der Waals surface area contributed by atoms with Crippen molar-refractivity contribution in [3.05, 3.63) is 65.0 Å². The monoisotopic (exact) mass is 620 g/mol. The van der Waals surface area contributed by atoms with E-state index in [0.29, 0.717) is 43.3 Å². The largest absolute Gasteiger partial charge is 0.417 e. The fourth-order valence-electron chi connectivity index (χ4n) is 5.81. The molecule has 6 rings (SSSR count). The van der Waals surface area contributed by atoms with Crippen LogP contribution in [0, 0.1) is 0 Å². The highest BCUT2D eigenvalue weighted by Crippen LogP contribution is 2.46. The minimum absolute atomic E-state index is 0.0200. The number of anilines is 1. The maximum absolute atomic E-state index is 13.8. The van der Waals surface area contributed by atoms with Crippen molar-refractivity contribution in [2.24, 2.45) is 0 Å². The van der Waals surface area contributed by atoms with Crippen LogP contribution in [0.5, 0.6) is 0 Å². The Hall–Kier alpha value is -3.49. The number of hydrogen-bond donors (Lipinski definition) is 1. The van der Waals surface area contributed by atoms with Gasteiger partial charge in [-0.15, -0.1) is 0 Å². The van der Waals surface area contributed by atoms with E-state index in [2.05, 4.69) is 15.0 Å². The van der Waals surface area contributed by atoms with Gasteiger partial charge in [0.25, 0.3) is 5.91 Å². The Morgan fingerprint density at radius 3 is 2.56 bits per heavy atom. The zero-order valence-corrected chi connectivity index (χ0v) is 24.2. The summed E-state index contributed by atoms with van der Waals surface area (Å²) in [6, 6.07) is 8.59. The quantitative estimate of drug-likeness (QED) is 0.383. The first-order valence-corrected chi connectivity index (χ1v) is 15.9. The van der Waals surface area contributed by atoms with E-state index in [4.69, 9.17) is 14.0 Å². The fraction of sp³-hybridized carbons (Fsp3) is 0.483. The van der Waals surface area contributed by atoms with Gasteiger partial charge < -0.3 is 18.9 Å². The first kappa shape index (κ1) is 29.6. The summed E-state index contributed by atoms with van der Waals surface area (Å²) in [4.78, 5) is 18.5. The maximum Gasteiger partial charge on any atom is 0.417 e. The smallest absolute Gasteiger partial charge is 0.372 e. The summed E-state index contributed by atoms with van der Waals surface area (Å²) in [6.07, 6.45) is 1.39. The minimum Gasteiger partial charge on any atom is -0.372 e. The number of pyridine rings is 1. The number of alkyl halides is 3. The van der Waals surface area contributed by atoms with Crippen molar-refractivity contribution in [1.82, 2.24) is 14.9 Å². The SMILES string of the molecule is CS(=O)(=O)NC(=O)c1ccc(N2CCC3(CC2)CC(OCc2c(-c4ccccc4C(F)(F)F)noc2C2CC2)CO3)nc1. The van der Waals surface area contributed by atoms with Crippen LogP contribution in [0.15, 0.2) is 47.1 Å². The van der Waals surface area contributed by atoms with Crippen LogP contribution in [0.4, 0.5) is 19.0 Å². The third kappa shape index (κ3) is 6.55. The van der Waals surface area contributed by atoms with Gasteiger partial charge in [0.05, 0.1) is 42.3 Å². The average Bonchev–Trinajstić information content (AvgIpc) is 3.60. The molecule has 1 N–H and O–H groups in total. The van der Waals surface area contributed by atoms with Crippen molar-refractivity contribution in [1.29, 1.82) is 0 Å². The maximum atomic E-state index is 13.8. The van der Waals surface area contributed by atoms with Crippen molar-refractivity contribution in [2.75, 3.05) is 30.9 Å². The molecule has 10 nitrogen and oxygen atoms in total. The Morgan fingerprint density at radius 1 is 1.16 bits per heavy atom. The number of carbonyl (C=O) groups is 1. The van der Waals surface area contributed by atoms with Crippen molar-refractivity contribution >= 4 is 21.7 Å². The van der Waals surface area contributed by atoms with Gasteiger partial charge in [0.2, 0.25) is 10.0 Å². The predicted octanol–water partition coefficient (Wildman–Crippen LogP) is 4.67. The van der Waals surface area contributed by atoms with E-state index in [1.807, 2.05) is 4.72 Å². The molecule has 2 aromatic heterocycles. The molecule has 230 valence electrons. The summed E-state index contributed by atoms with van der Waals surface area (Å²) in [5.74, 6) is 0.673. The van der Waals surface area contributed by atoms with Crippen molar-refractivity contribution in [2.45, 2.75) is 62.5 Å². The number of hydrogen-bond acceptors (Lipinski definition) is 9. The Morgan fingerprint density at radius 2 is 1.91 bits per heavy atom.